The van der Waals surface area contributed by atoms with Crippen LogP contribution in [0.15, 0.2) is 60.0 Å². The Labute approximate surface area is 222 Å². The Morgan fingerprint density at radius 1 is 1.05 bits per heavy atom. The van der Waals surface area contributed by atoms with Crippen LogP contribution in [0.1, 0.15) is 49.2 Å². The summed E-state index contributed by atoms with van der Waals surface area (Å²) in [5.41, 5.74) is 4.38. The lowest BCUT2D eigenvalue weighted by molar-refractivity contribution is -0.133. The van der Waals surface area contributed by atoms with Crippen molar-refractivity contribution in [2.45, 2.75) is 38.6 Å². The summed E-state index contributed by atoms with van der Waals surface area (Å²) in [4.78, 5) is 36.2. The van der Waals surface area contributed by atoms with Gasteiger partial charge in [-0.1, -0.05) is 42.5 Å². The van der Waals surface area contributed by atoms with Gasteiger partial charge in [-0.2, -0.15) is 0 Å². The third-order valence-corrected chi connectivity index (χ3v) is 8.48. The van der Waals surface area contributed by atoms with E-state index < -0.39 is 6.09 Å². The number of piperidine rings is 1. The van der Waals surface area contributed by atoms with Gasteiger partial charge in [0.25, 0.3) is 0 Å². The molecule has 2 amide bonds. The molecule has 3 heterocycles. The summed E-state index contributed by atoms with van der Waals surface area (Å²) in [6, 6.07) is 18.2. The van der Waals surface area contributed by atoms with Crippen LogP contribution in [0.2, 0.25) is 0 Å². The van der Waals surface area contributed by atoms with Gasteiger partial charge in [-0.25, -0.2) is 9.78 Å². The lowest BCUT2D eigenvalue weighted by Gasteiger charge is -2.32. The molecule has 0 N–H and O–H groups in total. The third kappa shape index (κ3) is 5.49. The number of benzene rings is 2. The number of anilines is 1. The summed E-state index contributed by atoms with van der Waals surface area (Å²) in [6.07, 6.45) is 1.34. The molecule has 1 aromatic heterocycles. The highest BCUT2D eigenvalue weighted by Gasteiger charge is 2.37. The van der Waals surface area contributed by atoms with Crippen LogP contribution >= 0.6 is 11.3 Å². The minimum Gasteiger partial charge on any atom is -0.447 e. The summed E-state index contributed by atoms with van der Waals surface area (Å²) in [5.74, 6) is 0.331. The predicted molar refractivity (Wildman–Crippen MR) is 147 cm³/mol. The highest BCUT2D eigenvalue weighted by atomic mass is 32.1. The molecular formula is C29H34N4O3S. The van der Waals surface area contributed by atoms with Crippen molar-refractivity contribution in [1.29, 1.82) is 0 Å². The minimum atomic E-state index is -0.419. The first-order valence-electron chi connectivity index (χ1n) is 13.1. The van der Waals surface area contributed by atoms with Crippen molar-refractivity contribution in [1.82, 2.24) is 14.8 Å². The zero-order valence-electron chi connectivity index (χ0n) is 21.5. The summed E-state index contributed by atoms with van der Waals surface area (Å²) in [7, 11) is 0. The topological polar surface area (TPSA) is 66.0 Å². The van der Waals surface area contributed by atoms with Gasteiger partial charge < -0.3 is 14.5 Å². The SMILES string of the molecule is CCN(CC)c1ccc(-c2csc(C3CCN(C(=O)CN4C(=O)OCC4c4ccccc4)CC3)n2)cc1. The van der Waals surface area contributed by atoms with Gasteiger partial charge in [0.15, 0.2) is 0 Å². The van der Waals surface area contributed by atoms with Gasteiger partial charge in [-0.05, 0) is 44.4 Å². The minimum absolute atomic E-state index is 0.0219. The van der Waals surface area contributed by atoms with Gasteiger partial charge in [0.2, 0.25) is 5.91 Å². The Hall–Kier alpha value is -3.39. The number of nitrogens with zero attached hydrogens (tertiary/aromatic N) is 4. The fourth-order valence-electron chi connectivity index (χ4n) is 5.24. The molecule has 2 aromatic carbocycles. The average Bonchev–Trinajstić information content (AvgIpc) is 3.58. The standard InChI is InChI=1S/C29H34N4O3S/c1-3-31(4-2)24-12-10-21(11-13-24)25-20-37-28(30-25)23-14-16-32(17-15-23)27(34)18-33-26(19-36-29(33)35)22-8-6-5-7-9-22/h5-13,20,23,26H,3-4,14-19H2,1-2H3. The van der Waals surface area contributed by atoms with E-state index in [9.17, 15) is 9.59 Å². The predicted octanol–water partition coefficient (Wildman–Crippen LogP) is 5.56. The van der Waals surface area contributed by atoms with Crippen molar-refractivity contribution >= 4 is 29.0 Å². The van der Waals surface area contributed by atoms with Crippen molar-refractivity contribution in [3.8, 4) is 11.3 Å². The Morgan fingerprint density at radius 3 is 2.43 bits per heavy atom. The Balaban J connectivity index is 1.17. The number of likely N-dealkylation sites (tertiary alicyclic amines) is 1. The van der Waals surface area contributed by atoms with Gasteiger partial charge in [0.05, 0.1) is 16.7 Å². The lowest BCUT2D eigenvalue weighted by Crippen LogP contribution is -2.44. The Bertz CT molecular complexity index is 1200. The average molecular weight is 519 g/mol. The lowest BCUT2D eigenvalue weighted by atomic mass is 9.97. The van der Waals surface area contributed by atoms with E-state index in [1.807, 2.05) is 35.2 Å². The molecule has 2 aliphatic heterocycles. The van der Waals surface area contributed by atoms with Crippen molar-refractivity contribution < 1.29 is 14.3 Å². The maximum Gasteiger partial charge on any atom is 0.410 e. The smallest absolute Gasteiger partial charge is 0.410 e. The second kappa shape index (κ2) is 11.3. The van der Waals surface area contributed by atoms with Crippen LogP contribution in [0.5, 0.6) is 0 Å². The van der Waals surface area contributed by atoms with Crippen molar-refractivity contribution in [3.63, 3.8) is 0 Å². The van der Waals surface area contributed by atoms with Crippen LogP contribution in [0.4, 0.5) is 10.5 Å². The maximum absolute atomic E-state index is 13.1. The second-order valence-electron chi connectivity index (χ2n) is 9.58. The first-order valence-corrected chi connectivity index (χ1v) is 14.0. The number of amides is 2. The quantitative estimate of drug-likeness (QED) is 0.391. The van der Waals surface area contributed by atoms with E-state index in [0.717, 1.165) is 47.8 Å². The van der Waals surface area contributed by atoms with Crippen molar-refractivity contribution in [2.24, 2.45) is 0 Å². The van der Waals surface area contributed by atoms with Gasteiger partial charge in [-0.3, -0.25) is 9.69 Å². The molecule has 0 aliphatic carbocycles. The number of carbonyl (C=O) groups is 2. The first-order chi connectivity index (χ1) is 18.1. The van der Waals surface area contributed by atoms with E-state index >= 15 is 0 Å². The number of aromatic nitrogens is 1. The number of carbonyl (C=O) groups excluding carboxylic acids is 2. The zero-order chi connectivity index (χ0) is 25.8. The second-order valence-corrected chi connectivity index (χ2v) is 10.5. The summed E-state index contributed by atoms with van der Waals surface area (Å²) in [6.45, 7) is 8.01. The van der Waals surface area contributed by atoms with Crippen LogP contribution < -0.4 is 4.90 Å². The molecule has 194 valence electrons. The van der Waals surface area contributed by atoms with Crippen LogP contribution in [-0.4, -0.2) is 66.1 Å². The van der Waals surface area contributed by atoms with Crippen LogP contribution in [0.25, 0.3) is 11.3 Å². The number of thiazole rings is 1. The third-order valence-electron chi connectivity index (χ3n) is 7.48. The molecule has 7 nitrogen and oxygen atoms in total. The van der Waals surface area contributed by atoms with E-state index in [4.69, 9.17) is 9.72 Å². The van der Waals surface area contributed by atoms with E-state index in [2.05, 4.69) is 48.4 Å². The highest BCUT2D eigenvalue weighted by Crippen LogP contribution is 2.34. The Morgan fingerprint density at radius 2 is 1.76 bits per heavy atom. The Kier molecular flexibility index (Phi) is 7.74. The fourth-order valence-corrected chi connectivity index (χ4v) is 6.24. The van der Waals surface area contributed by atoms with Crippen LogP contribution in [0, 0.1) is 0 Å². The molecule has 0 radical (unpaired) electrons. The highest BCUT2D eigenvalue weighted by molar-refractivity contribution is 7.10. The number of rotatable bonds is 8. The number of hydrogen-bond donors (Lipinski definition) is 0. The van der Waals surface area contributed by atoms with E-state index in [0.29, 0.717) is 19.0 Å². The monoisotopic (exact) mass is 518 g/mol. The molecule has 0 saturated carbocycles. The van der Waals surface area contributed by atoms with Crippen molar-refractivity contribution in [3.05, 3.63) is 70.5 Å². The van der Waals surface area contributed by atoms with Gasteiger partial charge in [-0.15, -0.1) is 11.3 Å². The van der Waals surface area contributed by atoms with Crippen LogP contribution in [0.3, 0.4) is 0 Å². The summed E-state index contributed by atoms with van der Waals surface area (Å²) in [5, 5.41) is 3.28. The van der Waals surface area contributed by atoms with E-state index in [1.165, 1.54) is 5.69 Å². The van der Waals surface area contributed by atoms with E-state index in [-0.39, 0.29) is 25.1 Å². The van der Waals surface area contributed by atoms with Crippen molar-refractivity contribution in [2.75, 3.05) is 44.2 Å². The van der Waals surface area contributed by atoms with Gasteiger partial charge >= 0.3 is 6.09 Å². The molecule has 2 saturated heterocycles. The number of hydrogen-bond acceptors (Lipinski definition) is 6. The molecule has 0 bridgehead atoms. The van der Waals surface area contributed by atoms with Crippen LogP contribution in [-0.2, 0) is 9.53 Å². The zero-order valence-corrected chi connectivity index (χ0v) is 22.3. The fraction of sp³-hybridized carbons (Fsp3) is 0.414. The summed E-state index contributed by atoms with van der Waals surface area (Å²) < 4.78 is 5.27. The molecule has 0 spiro atoms. The number of cyclic esters (lactones) is 1. The summed E-state index contributed by atoms with van der Waals surface area (Å²) >= 11 is 1.71. The molecule has 8 heteroatoms. The number of ether oxygens (including phenoxy) is 1. The largest absolute Gasteiger partial charge is 0.447 e. The molecule has 2 fully saturated rings. The maximum atomic E-state index is 13.1. The van der Waals surface area contributed by atoms with Gasteiger partial charge in [0, 0.05) is 48.7 Å². The van der Waals surface area contributed by atoms with E-state index in [1.54, 1.807) is 16.2 Å². The first kappa shape index (κ1) is 25.3. The molecule has 5 rings (SSSR count). The molecule has 1 unspecified atom stereocenters. The molecule has 3 aromatic rings. The van der Waals surface area contributed by atoms with Gasteiger partial charge in [0.1, 0.15) is 13.2 Å². The molecule has 1 atom stereocenters. The molecule has 37 heavy (non-hydrogen) atoms. The molecular weight excluding hydrogens is 484 g/mol. The normalized spacial score (nSPS) is 18.2. The molecule has 2 aliphatic rings.